The van der Waals surface area contributed by atoms with Gasteiger partial charge < -0.3 is 6.15 Å². The van der Waals surface area contributed by atoms with Crippen molar-refractivity contribution in [1.29, 1.82) is 0 Å². The van der Waals surface area contributed by atoms with Crippen molar-refractivity contribution < 1.29 is 30.4 Å². The first kappa shape index (κ1) is 22.6. The molecule has 0 aromatic rings. The normalized spacial score (nSPS) is 7.25. The zero-order chi connectivity index (χ0) is 4.50. The molecule has 0 fully saturated rings. The van der Waals surface area contributed by atoms with E-state index in [1.54, 1.807) is 0 Å². The van der Waals surface area contributed by atoms with E-state index in [-0.39, 0.29) is 52.8 Å². The zero-order valence-electron chi connectivity index (χ0n) is 3.13. The van der Waals surface area contributed by atoms with Crippen LogP contribution in [-0.4, -0.2) is 42.9 Å². The Hall–Kier alpha value is 1.77. The van der Waals surface area contributed by atoms with Crippen LogP contribution in [0.15, 0.2) is 0 Å². The van der Waals surface area contributed by atoms with Crippen molar-refractivity contribution in [3.05, 3.63) is 0 Å². The molecule has 8 heavy (non-hydrogen) atoms. The van der Waals surface area contributed by atoms with E-state index < -0.39 is 9.05 Å². The fourth-order valence-corrected chi connectivity index (χ4v) is 0. The van der Waals surface area contributed by atoms with Gasteiger partial charge in [-0.25, -0.2) is 0 Å². The summed E-state index contributed by atoms with van der Waals surface area (Å²) in [7, 11) is -3.83. The van der Waals surface area contributed by atoms with Crippen molar-refractivity contribution in [2.75, 3.05) is 0 Å². The molecule has 0 aromatic heterocycles. The monoisotopic (exact) mass is 218 g/mol. The average molecular weight is 219 g/mol. The second-order valence-corrected chi connectivity index (χ2v) is 2.65. The minimum atomic E-state index is -3.83. The van der Waals surface area contributed by atoms with Gasteiger partial charge in [-0.15, -0.1) is 0 Å². The molecule has 0 aliphatic carbocycles. The fraction of sp³-hybridized carbons (Fsp3) is 0. The molecule has 0 atom stereocenters. The molecule has 5 N–H and O–H groups in total. The van der Waals surface area contributed by atoms with Gasteiger partial charge >= 0.3 is 29.6 Å². The van der Waals surface area contributed by atoms with Crippen LogP contribution in [0.2, 0.25) is 0 Å². The molecule has 0 spiro atoms. The molecule has 0 heterocycles. The van der Waals surface area contributed by atoms with Crippen molar-refractivity contribution in [3.8, 4) is 0 Å². The molecule has 0 saturated heterocycles. The van der Waals surface area contributed by atoms with Crippen LogP contribution in [0.5, 0.6) is 0 Å². The molecule has 0 rings (SSSR count). The average Bonchev–Trinajstić information content (AvgIpc) is 0.722. The summed E-state index contributed by atoms with van der Waals surface area (Å²) < 4.78 is 24.0. The van der Waals surface area contributed by atoms with Gasteiger partial charge in [0.25, 0.3) is 9.05 Å². The Labute approximate surface area is 85.5 Å². The molecule has 0 unspecified atom stereocenters. The quantitative estimate of drug-likeness (QED) is 0.463. The van der Waals surface area contributed by atoms with E-state index in [0.717, 1.165) is 0 Å². The van der Waals surface area contributed by atoms with Gasteiger partial charge in [-0.1, -0.05) is 0 Å². The summed E-state index contributed by atoms with van der Waals surface area (Å²) in [4.78, 5) is 0. The van der Waals surface area contributed by atoms with E-state index in [0.29, 0.717) is 0 Å². The van der Waals surface area contributed by atoms with Crippen LogP contribution >= 0.6 is 0 Å². The Morgan fingerprint density at radius 3 is 1.38 bits per heavy atom. The van der Waals surface area contributed by atoms with Crippen LogP contribution in [0.3, 0.4) is 0 Å². The fourth-order valence-electron chi connectivity index (χ4n) is 0. The number of hydrogen-bond donors (Lipinski definition) is 3. The molecule has 53 valence electrons. The van der Waals surface area contributed by atoms with Crippen LogP contribution in [0.4, 0.5) is 0 Å². The second kappa shape index (κ2) is 8.77. The summed E-state index contributed by atoms with van der Waals surface area (Å²) in [6.07, 6.45) is 0. The zero-order valence-corrected chi connectivity index (χ0v) is 5.70. The standard InChI is InChI=1S/Cu.H3N.Na.H2O3S2.H/c;;;1-5(2,3)4;/h;1H3;;(H2,1,2,3,4);. The molecule has 0 bridgehead atoms. The van der Waals surface area contributed by atoms with Gasteiger partial charge in [-0.05, 0) is 0 Å². The summed E-state index contributed by atoms with van der Waals surface area (Å²) in [5.41, 5.74) is 0. The van der Waals surface area contributed by atoms with Gasteiger partial charge in [-0.2, -0.15) is 4.21 Å². The van der Waals surface area contributed by atoms with E-state index >= 15 is 0 Å². The Morgan fingerprint density at radius 1 is 1.38 bits per heavy atom. The van der Waals surface area contributed by atoms with Crippen molar-refractivity contribution in [3.63, 3.8) is 0 Å². The summed E-state index contributed by atoms with van der Waals surface area (Å²) >= 11 is 3.47. The van der Waals surface area contributed by atoms with Crippen LogP contribution in [0.25, 0.3) is 0 Å². The topological polar surface area (TPSA) is 92.5 Å². The van der Waals surface area contributed by atoms with Crippen molar-refractivity contribution >= 4 is 49.8 Å². The van der Waals surface area contributed by atoms with E-state index in [1.807, 2.05) is 0 Å². The first-order valence-electron chi connectivity index (χ1n) is 0.698. The van der Waals surface area contributed by atoms with Gasteiger partial charge in [0, 0.05) is 28.3 Å². The molecule has 0 aliphatic heterocycles. The molecule has 1 radical (unpaired) electrons. The van der Waals surface area contributed by atoms with E-state index in [1.165, 1.54) is 0 Å². The van der Waals surface area contributed by atoms with Gasteiger partial charge in [0.05, 0.1) is 0 Å². The van der Waals surface area contributed by atoms with E-state index in [2.05, 4.69) is 11.2 Å². The maximum absolute atomic E-state index is 9.11. The third kappa shape index (κ3) is 114. The number of rotatable bonds is 0. The predicted octanol–water partition coefficient (Wildman–Crippen LogP) is -0.810. The van der Waals surface area contributed by atoms with Crippen LogP contribution in [0, 0.1) is 0 Å². The molecule has 4 nitrogen and oxygen atoms in total. The first-order valence-corrected chi connectivity index (χ1v) is 3.10. The Bertz CT molecular complexity index is 100. The Balaban J connectivity index is -0.0000000267. The van der Waals surface area contributed by atoms with E-state index in [9.17, 15) is 0 Å². The molecule has 0 aliphatic rings. The molecule has 0 aromatic carbocycles. The van der Waals surface area contributed by atoms with Crippen LogP contribution in [0.1, 0.15) is 0 Å². The Morgan fingerprint density at radius 2 is 1.38 bits per heavy atom. The van der Waals surface area contributed by atoms with Crippen molar-refractivity contribution in [1.82, 2.24) is 6.15 Å². The third-order valence-electron chi connectivity index (χ3n) is 0. The second-order valence-electron chi connectivity index (χ2n) is 0.448. The first-order chi connectivity index (χ1) is 2.00. The molecule has 8 heteroatoms. The molecular weight excluding hydrogens is 213 g/mol. The summed E-state index contributed by atoms with van der Waals surface area (Å²) in [6.45, 7) is 0. The van der Waals surface area contributed by atoms with Crippen LogP contribution in [-0.2, 0) is 37.3 Å². The Kier molecular flexibility index (Phi) is 24.7. The predicted molar refractivity (Wildman–Crippen MR) is 32.9 cm³/mol. The van der Waals surface area contributed by atoms with Gasteiger partial charge in [-0.3, -0.25) is 9.11 Å². The SMILES string of the molecule is N.O=S(O)(O)=S.[Cu].[NaH]. The molecule has 0 amide bonds. The summed E-state index contributed by atoms with van der Waals surface area (Å²) in [5, 5.41) is 0. The van der Waals surface area contributed by atoms with Crippen molar-refractivity contribution in [2.45, 2.75) is 0 Å². The van der Waals surface area contributed by atoms with Gasteiger partial charge in [0.1, 0.15) is 0 Å². The minimum absolute atomic E-state index is 0. The third-order valence-corrected chi connectivity index (χ3v) is 0. The van der Waals surface area contributed by atoms with Crippen LogP contribution < -0.4 is 6.15 Å². The van der Waals surface area contributed by atoms with E-state index in [4.69, 9.17) is 13.3 Å². The summed E-state index contributed by atoms with van der Waals surface area (Å²) in [5.74, 6) is 0. The maximum atomic E-state index is 9.11. The molecule has 0 saturated carbocycles. The van der Waals surface area contributed by atoms with Crippen molar-refractivity contribution in [2.24, 2.45) is 0 Å². The van der Waals surface area contributed by atoms with Gasteiger partial charge in [0.2, 0.25) is 0 Å². The molecular formula is H6CuNNaO3S2. The van der Waals surface area contributed by atoms with Gasteiger partial charge in [0.15, 0.2) is 0 Å². The number of hydrogen-bond acceptors (Lipinski definition) is 3. The summed E-state index contributed by atoms with van der Waals surface area (Å²) in [6, 6.07) is 0.